The molecule has 1 aliphatic carbocycles. The Hall–Kier alpha value is -0.570. The molecule has 1 aromatic carbocycles. The molecule has 0 spiro atoms. The maximum Gasteiger partial charge on any atom is 0.0445 e. The predicted octanol–water partition coefficient (Wildman–Crippen LogP) is 3.58. The lowest BCUT2D eigenvalue weighted by molar-refractivity contribution is 0.199. The molecule has 0 amide bonds. The van der Waals surface area contributed by atoms with Crippen molar-refractivity contribution in [3.8, 4) is 0 Å². The maximum atomic E-state index is 9.10. The SMILES string of the molecule is CC(C)C(CCO)NC1CC(c2ccccc2Cl)C1. The van der Waals surface area contributed by atoms with Gasteiger partial charge in [0, 0.05) is 23.7 Å². The van der Waals surface area contributed by atoms with E-state index in [-0.39, 0.29) is 6.61 Å². The first-order chi connectivity index (χ1) is 9.11. The van der Waals surface area contributed by atoms with Gasteiger partial charge in [0.25, 0.3) is 0 Å². The Labute approximate surface area is 121 Å². The van der Waals surface area contributed by atoms with Crippen molar-refractivity contribution < 1.29 is 5.11 Å². The van der Waals surface area contributed by atoms with Crippen molar-refractivity contribution in [3.63, 3.8) is 0 Å². The van der Waals surface area contributed by atoms with Crippen molar-refractivity contribution in [3.05, 3.63) is 34.9 Å². The monoisotopic (exact) mass is 281 g/mol. The fourth-order valence-electron chi connectivity index (χ4n) is 2.87. The van der Waals surface area contributed by atoms with Gasteiger partial charge in [-0.1, -0.05) is 43.6 Å². The van der Waals surface area contributed by atoms with Crippen LogP contribution in [0, 0.1) is 5.92 Å². The van der Waals surface area contributed by atoms with Crippen molar-refractivity contribution in [2.45, 2.75) is 51.1 Å². The van der Waals surface area contributed by atoms with Crippen LogP contribution in [0.15, 0.2) is 24.3 Å². The van der Waals surface area contributed by atoms with Gasteiger partial charge in [0.2, 0.25) is 0 Å². The van der Waals surface area contributed by atoms with Crippen LogP contribution in [-0.2, 0) is 0 Å². The molecule has 1 unspecified atom stereocenters. The molecule has 1 saturated carbocycles. The fourth-order valence-corrected chi connectivity index (χ4v) is 3.16. The summed E-state index contributed by atoms with van der Waals surface area (Å²) in [5.41, 5.74) is 1.28. The van der Waals surface area contributed by atoms with Crippen LogP contribution in [0.2, 0.25) is 5.02 Å². The minimum Gasteiger partial charge on any atom is -0.396 e. The zero-order chi connectivity index (χ0) is 13.8. The molecule has 1 aromatic rings. The zero-order valence-electron chi connectivity index (χ0n) is 11.8. The highest BCUT2D eigenvalue weighted by Crippen LogP contribution is 2.40. The zero-order valence-corrected chi connectivity index (χ0v) is 12.5. The molecule has 19 heavy (non-hydrogen) atoms. The molecule has 2 N–H and O–H groups in total. The molecule has 0 saturated heterocycles. The van der Waals surface area contributed by atoms with E-state index in [1.165, 1.54) is 5.56 Å². The number of hydrogen-bond acceptors (Lipinski definition) is 2. The summed E-state index contributed by atoms with van der Waals surface area (Å²) in [6, 6.07) is 9.14. The summed E-state index contributed by atoms with van der Waals surface area (Å²) < 4.78 is 0. The van der Waals surface area contributed by atoms with E-state index in [4.69, 9.17) is 16.7 Å². The van der Waals surface area contributed by atoms with Crippen molar-refractivity contribution in [2.24, 2.45) is 5.92 Å². The summed E-state index contributed by atoms with van der Waals surface area (Å²) in [4.78, 5) is 0. The lowest BCUT2D eigenvalue weighted by atomic mass is 9.75. The molecule has 1 aliphatic rings. The molecule has 1 fully saturated rings. The number of aliphatic hydroxyl groups excluding tert-OH is 1. The van der Waals surface area contributed by atoms with Gasteiger partial charge >= 0.3 is 0 Å². The molecule has 2 rings (SSSR count). The Balaban J connectivity index is 1.84. The molecule has 3 heteroatoms. The summed E-state index contributed by atoms with van der Waals surface area (Å²) in [6.45, 7) is 4.67. The van der Waals surface area contributed by atoms with Crippen LogP contribution in [-0.4, -0.2) is 23.8 Å². The number of benzene rings is 1. The molecule has 0 aromatic heterocycles. The molecule has 0 bridgehead atoms. The summed E-state index contributed by atoms with van der Waals surface area (Å²) in [5, 5.41) is 13.7. The second-order valence-corrected chi connectivity index (χ2v) is 6.32. The number of halogens is 1. The second kappa shape index (κ2) is 6.74. The Morgan fingerprint density at radius 3 is 2.58 bits per heavy atom. The lowest BCUT2D eigenvalue weighted by Crippen LogP contribution is -2.47. The molecular formula is C16H24ClNO. The summed E-state index contributed by atoms with van der Waals surface area (Å²) in [6.07, 6.45) is 3.14. The van der Waals surface area contributed by atoms with Crippen LogP contribution in [0.3, 0.4) is 0 Å². The van der Waals surface area contributed by atoms with Crippen LogP contribution in [0.5, 0.6) is 0 Å². The van der Waals surface area contributed by atoms with Gasteiger partial charge in [0.15, 0.2) is 0 Å². The van der Waals surface area contributed by atoms with Gasteiger partial charge in [-0.3, -0.25) is 0 Å². The Morgan fingerprint density at radius 1 is 1.32 bits per heavy atom. The smallest absolute Gasteiger partial charge is 0.0445 e. The van der Waals surface area contributed by atoms with Crippen LogP contribution < -0.4 is 5.32 Å². The van der Waals surface area contributed by atoms with Crippen LogP contribution >= 0.6 is 11.6 Å². The third kappa shape index (κ3) is 3.71. The Kier molecular flexibility index (Phi) is 5.26. The van der Waals surface area contributed by atoms with Gasteiger partial charge in [-0.15, -0.1) is 0 Å². The van der Waals surface area contributed by atoms with Gasteiger partial charge in [0.05, 0.1) is 0 Å². The quantitative estimate of drug-likeness (QED) is 0.835. The van der Waals surface area contributed by atoms with E-state index in [2.05, 4.69) is 31.3 Å². The van der Waals surface area contributed by atoms with E-state index < -0.39 is 0 Å². The molecule has 1 atom stereocenters. The van der Waals surface area contributed by atoms with Gasteiger partial charge in [-0.25, -0.2) is 0 Å². The van der Waals surface area contributed by atoms with E-state index in [0.29, 0.717) is 23.9 Å². The van der Waals surface area contributed by atoms with Crippen molar-refractivity contribution in [1.82, 2.24) is 5.32 Å². The van der Waals surface area contributed by atoms with Crippen molar-refractivity contribution >= 4 is 11.6 Å². The van der Waals surface area contributed by atoms with Crippen molar-refractivity contribution in [1.29, 1.82) is 0 Å². The van der Waals surface area contributed by atoms with E-state index in [1.54, 1.807) is 0 Å². The topological polar surface area (TPSA) is 32.3 Å². The van der Waals surface area contributed by atoms with Crippen LogP contribution in [0.25, 0.3) is 0 Å². The average Bonchev–Trinajstić information content (AvgIpc) is 2.33. The van der Waals surface area contributed by atoms with Gasteiger partial charge in [-0.05, 0) is 42.7 Å². The third-order valence-electron chi connectivity index (χ3n) is 4.18. The van der Waals surface area contributed by atoms with Crippen molar-refractivity contribution in [2.75, 3.05) is 6.61 Å². The van der Waals surface area contributed by atoms with Gasteiger partial charge in [-0.2, -0.15) is 0 Å². The summed E-state index contributed by atoms with van der Waals surface area (Å²) in [5.74, 6) is 1.15. The lowest BCUT2D eigenvalue weighted by Gasteiger charge is -2.40. The highest BCUT2D eigenvalue weighted by Gasteiger charge is 2.32. The van der Waals surface area contributed by atoms with Crippen LogP contribution in [0.1, 0.15) is 44.6 Å². The van der Waals surface area contributed by atoms with E-state index in [9.17, 15) is 0 Å². The van der Waals surface area contributed by atoms with Gasteiger partial charge < -0.3 is 10.4 Å². The number of rotatable bonds is 6. The summed E-state index contributed by atoms with van der Waals surface area (Å²) >= 11 is 6.23. The van der Waals surface area contributed by atoms with E-state index >= 15 is 0 Å². The Bertz CT molecular complexity index is 401. The molecule has 0 radical (unpaired) electrons. The molecule has 2 nitrogen and oxygen atoms in total. The van der Waals surface area contributed by atoms with Gasteiger partial charge in [0.1, 0.15) is 0 Å². The normalized spacial score (nSPS) is 24.3. The first-order valence-corrected chi connectivity index (χ1v) is 7.61. The average molecular weight is 282 g/mol. The molecule has 0 heterocycles. The molecule has 0 aliphatic heterocycles. The highest BCUT2D eigenvalue weighted by molar-refractivity contribution is 6.31. The van der Waals surface area contributed by atoms with Crippen LogP contribution in [0.4, 0.5) is 0 Å². The largest absolute Gasteiger partial charge is 0.396 e. The maximum absolute atomic E-state index is 9.10. The number of nitrogens with one attached hydrogen (secondary N) is 1. The summed E-state index contributed by atoms with van der Waals surface area (Å²) in [7, 11) is 0. The standard InChI is InChI=1S/C16H24ClNO/c1-11(2)16(7-8-19)18-13-9-12(10-13)14-5-3-4-6-15(14)17/h3-6,11-13,16,18-19H,7-10H2,1-2H3. The molecular weight excluding hydrogens is 258 g/mol. The van der Waals surface area contributed by atoms with E-state index in [1.807, 2.05) is 12.1 Å². The minimum atomic E-state index is 0.260. The first-order valence-electron chi connectivity index (χ1n) is 7.23. The first kappa shape index (κ1) is 14.8. The fraction of sp³-hybridized carbons (Fsp3) is 0.625. The Morgan fingerprint density at radius 2 is 2.00 bits per heavy atom. The number of aliphatic hydroxyl groups is 1. The number of hydrogen-bond donors (Lipinski definition) is 2. The third-order valence-corrected chi connectivity index (χ3v) is 4.52. The van der Waals surface area contributed by atoms with E-state index in [0.717, 1.165) is 24.3 Å². The minimum absolute atomic E-state index is 0.260. The highest BCUT2D eigenvalue weighted by atomic mass is 35.5. The predicted molar refractivity (Wildman–Crippen MR) is 80.7 cm³/mol. The second-order valence-electron chi connectivity index (χ2n) is 5.92. The molecule has 106 valence electrons.